The lowest BCUT2D eigenvalue weighted by molar-refractivity contribution is 0.626. The van der Waals surface area contributed by atoms with Crippen molar-refractivity contribution in [2.24, 2.45) is 0 Å². The van der Waals surface area contributed by atoms with E-state index >= 15 is 0 Å². The highest BCUT2D eigenvalue weighted by Gasteiger charge is 2.14. The van der Waals surface area contributed by atoms with Crippen molar-refractivity contribution in [1.82, 2.24) is 15.3 Å². The van der Waals surface area contributed by atoms with E-state index in [-0.39, 0.29) is 6.04 Å². The molecular weight excluding hydrogens is 246 g/mol. The molecule has 0 radical (unpaired) electrons. The molecule has 0 aliphatic rings. The van der Waals surface area contributed by atoms with Crippen LogP contribution in [0, 0.1) is 6.92 Å². The second-order valence-electron chi connectivity index (χ2n) is 4.17. The zero-order valence-corrected chi connectivity index (χ0v) is 11.3. The Labute approximate surface area is 112 Å². The van der Waals surface area contributed by atoms with Gasteiger partial charge < -0.3 is 5.32 Å². The molecule has 0 aliphatic carbocycles. The monoisotopic (exact) mass is 261 g/mol. The third-order valence-electron chi connectivity index (χ3n) is 2.85. The van der Waals surface area contributed by atoms with Gasteiger partial charge in [-0.15, -0.1) is 0 Å². The van der Waals surface area contributed by atoms with Crippen LogP contribution in [0.2, 0.25) is 5.02 Å². The van der Waals surface area contributed by atoms with Crippen molar-refractivity contribution in [3.63, 3.8) is 0 Å². The summed E-state index contributed by atoms with van der Waals surface area (Å²) in [4.78, 5) is 8.14. The normalized spacial score (nSPS) is 12.4. The molecule has 1 unspecified atom stereocenters. The van der Waals surface area contributed by atoms with Crippen LogP contribution in [-0.2, 0) is 0 Å². The Morgan fingerprint density at radius 2 is 1.94 bits per heavy atom. The van der Waals surface area contributed by atoms with Crippen LogP contribution in [0.25, 0.3) is 0 Å². The van der Waals surface area contributed by atoms with Gasteiger partial charge in [-0.05, 0) is 30.7 Å². The first-order valence-corrected chi connectivity index (χ1v) is 6.34. The molecule has 94 valence electrons. The topological polar surface area (TPSA) is 37.8 Å². The number of benzene rings is 1. The molecule has 0 bridgehead atoms. The van der Waals surface area contributed by atoms with Crippen molar-refractivity contribution in [1.29, 1.82) is 0 Å². The standard InChI is InChI=1S/C14H16ClN3/c1-3-18-14(12-7-16-9-17-8-12)11-5-4-10(2)13(15)6-11/h4-9,14,18H,3H2,1-2H3. The maximum Gasteiger partial charge on any atom is 0.115 e. The molecule has 1 aromatic heterocycles. The third-order valence-corrected chi connectivity index (χ3v) is 3.26. The number of aryl methyl sites for hydroxylation is 1. The van der Waals surface area contributed by atoms with Crippen LogP contribution < -0.4 is 5.32 Å². The lowest BCUT2D eigenvalue weighted by Gasteiger charge is -2.18. The van der Waals surface area contributed by atoms with Gasteiger partial charge in [-0.3, -0.25) is 0 Å². The van der Waals surface area contributed by atoms with Gasteiger partial charge >= 0.3 is 0 Å². The molecule has 0 aliphatic heterocycles. The van der Waals surface area contributed by atoms with Crippen LogP contribution in [0.5, 0.6) is 0 Å². The van der Waals surface area contributed by atoms with Crippen molar-refractivity contribution in [2.45, 2.75) is 19.9 Å². The lowest BCUT2D eigenvalue weighted by Crippen LogP contribution is -2.22. The van der Waals surface area contributed by atoms with Crippen LogP contribution in [0.4, 0.5) is 0 Å². The minimum absolute atomic E-state index is 0.0781. The maximum absolute atomic E-state index is 6.19. The second-order valence-corrected chi connectivity index (χ2v) is 4.58. The van der Waals surface area contributed by atoms with Gasteiger partial charge in [0.15, 0.2) is 0 Å². The Morgan fingerprint density at radius 1 is 1.22 bits per heavy atom. The quantitative estimate of drug-likeness (QED) is 0.919. The van der Waals surface area contributed by atoms with E-state index in [1.807, 2.05) is 31.5 Å². The minimum atomic E-state index is 0.0781. The van der Waals surface area contributed by atoms with Crippen LogP contribution in [0.15, 0.2) is 36.9 Å². The van der Waals surface area contributed by atoms with Crippen molar-refractivity contribution in [2.75, 3.05) is 6.54 Å². The number of hydrogen-bond acceptors (Lipinski definition) is 3. The summed E-state index contributed by atoms with van der Waals surface area (Å²) in [6.45, 7) is 4.94. The Bertz CT molecular complexity index is 514. The molecule has 0 saturated heterocycles. The maximum atomic E-state index is 6.19. The molecule has 0 saturated carbocycles. The first-order chi connectivity index (χ1) is 8.72. The summed E-state index contributed by atoms with van der Waals surface area (Å²) in [6.07, 6.45) is 5.19. The molecule has 0 spiro atoms. The number of aromatic nitrogens is 2. The van der Waals surface area contributed by atoms with Crippen LogP contribution >= 0.6 is 11.6 Å². The second kappa shape index (κ2) is 5.94. The minimum Gasteiger partial charge on any atom is -0.306 e. The summed E-state index contributed by atoms with van der Waals surface area (Å²) in [7, 11) is 0. The van der Waals surface area contributed by atoms with Gasteiger partial charge in [0.05, 0.1) is 6.04 Å². The summed E-state index contributed by atoms with van der Waals surface area (Å²) in [5.74, 6) is 0. The van der Waals surface area contributed by atoms with Gasteiger partial charge in [0, 0.05) is 23.0 Å². The Morgan fingerprint density at radius 3 is 2.56 bits per heavy atom. The first kappa shape index (κ1) is 13.0. The highest BCUT2D eigenvalue weighted by molar-refractivity contribution is 6.31. The van der Waals surface area contributed by atoms with E-state index in [1.54, 1.807) is 0 Å². The van der Waals surface area contributed by atoms with Crippen molar-refractivity contribution in [3.8, 4) is 0 Å². The summed E-state index contributed by atoms with van der Waals surface area (Å²) in [5, 5.41) is 4.21. The number of nitrogens with zero attached hydrogens (tertiary/aromatic N) is 2. The molecule has 0 fully saturated rings. The van der Waals surface area contributed by atoms with E-state index in [0.29, 0.717) is 0 Å². The smallest absolute Gasteiger partial charge is 0.115 e. The molecule has 1 N–H and O–H groups in total. The van der Waals surface area contributed by atoms with E-state index in [1.165, 1.54) is 6.33 Å². The zero-order valence-electron chi connectivity index (χ0n) is 10.5. The largest absolute Gasteiger partial charge is 0.306 e. The SMILES string of the molecule is CCNC(c1cncnc1)c1ccc(C)c(Cl)c1. The predicted molar refractivity (Wildman–Crippen MR) is 73.7 cm³/mol. The van der Waals surface area contributed by atoms with E-state index in [4.69, 9.17) is 11.6 Å². The van der Waals surface area contributed by atoms with Gasteiger partial charge in [-0.2, -0.15) is 0 Å². The number of halogens is 1. The average molecular weight is 262 g/mol. The van der Waals surface area contributed by atoms with Crippen LogP contribution in [0.1, 0.15) is 29.7 Å². The molecule has 18 heavy (non-hydrogen) atoms. The number of hydrogen-bond donors (Lipinski definition) is 1. The molecular formula is C14H16ClN3. The Balaban J connectivity index is 2.38. The molecule has 4 heteroatoms. The van der Waals surface area contributed by atoms with Gasteiger partial charge in [0.1, 0.15) is 6.33 Å². The molecule has 3 nitrogen and oxygen atoms in total. The summed E-state index contributed by atoms with van der Waals surface area (Å²) in [6, 6.07) is 6.19. The van der Waals surface area contributed by atoms with Gasteiger partial charge in [0.25, 0.3) is 0 Å². The Kier molecular flexibility index (Phi) is 4.28. The fraction of sp³-hybridized carbons (Fsp3) is 0.286. The lowest BCUT2D eigenvalue weighted by atomic mass is 10.00. The highest BCUT2D eigenvalue weighted by Crippen LogP contribution is 2.25. The zero-order chi connectivity index (χ0) is 13.0. The summed E-state index contributed by atoms with van der Waals surface area (Å²) < 4.78 is 0. The number of nitrogens with one attached hydrogen (secondary N) is 1. The van der Waals surface area contributed by atoms with Gasteiger partial charge in [-0.25, -0.2) is 9.97 Å². The van der Waals surface area contributed by atoms with E-state index in [2.05, 4.69) is 28.3 Å². The average Bonchev–Trinajstić information content (AvgIpc) is 2.40. The van der Waals surface area contributed by atoms with Crippen LogP contribution in [0.3, 0.4) is 0 Å². The first-order valence-electron chi connectivity index (χ1n) is 5.96. The summed E-state index contributed by atoms with van der Waals surface area (Å²) in [5.41, 5.74) is 3.25. The van der Waals surface area contributed by atoms with Gasteiger partial charge in [-0.1, -0.05) is 30.7 Å². The van der Waals surface area contributed by atoms with Crippen molar-refractivity contribution in [3.05, 3.63) is 58.6 Å². The van der Waals surface area contributed by atoms with Crippen molar-refractivity contribution >= 4 is 11.6 Å². The third kappa shape index (κ3) is 2.86. The summed E-state index contributed by atoms with van der Waals surface area (Å²) >= 11 is 6.19. The van der Waals surface area contributed by atoms with E-state index < -0.39 is 0 Å². The van der Waals surface area contributed by atoms with Gasteiger partial charge in [0.2, 0.25) is 0 Å². The molecule has 1 heterocycles. The molecule has 2 rings (SSSR count). The molecule has 2 aromatic rings. The molecule has 1 atom stereocenters. The predicted octanol–water partition coefficient (Wildman–Crippen LogP) is 3.14. The highest BCUT2D eigenvalue weighted by atomic mass is 35.5. The van der Waals surface area contributed by atoms with E-state index in [0.717, 1.165) is 28.3 Å². The Hall–Kier alpha value is -1.45. The molecule has 0 amide bonds. The molecule has 1 aromatic carbocycles. The fourth-order valence-electron chi connectivity index (χ4n) is 1.88. The van der Waals surface area contributed by atoms with Crippen molar-refractivity contribution < 1.29 is 0 Å². The fourth-order valence-corrected chi connectivity index (χ4v) is 2.07. The van der Waals surface area contributed by atoms with E-state index in [9.17, 15) is 0 Å². The van der Waals surface area contributed by atoms with Crippen LogP contribution in [-0.4, -0.2) is 16.5 Å². The number of rotatable bonds is 4.